The van der Waals surface area contributed by atoms with E-state index in [9.17, 15) is 14.4 Å². The summed E-state index contributed by atoms with van der Waals surface area (Å²) in [5, 5.41) is 0. The van der Waals surface area contributed by atoms with Crippen LogP contribution in [0.3, 0.4) is 0 Å². The smallest absolute Gasteiger partial charge is 0.302 e. The highest BCUT2D eigenvalue weighted by Gasteiger charge is 2.67. The lowest BCUT2D eigenvalue weighted by Crippen LogP contribution is -2.63. The van der Waals surface area contributed by atoms with Gasteiger partial charge in [-0.25, -0.2) is 4.98 Å². The highest BCUT2D eigenvalue weighted by atomic mass is 16.6. The van der Waals surface area contributed by atoms with Crippen LogP contribution in [0.25, 0.3) is 11.1 Å². The second-order valence-electron chi connectivity index (χ2n) is 14.9. The average molecular weight is 608 g/mol. The number of carbonyl (C=O) groups is 3. The first kappa shape index (κ1) is 31.1. The molecule has 4 aliphatic carbocycles. The van der Waals surface area contributed by atoms with Gasteiger partial charge in [-0.15, -0.1) is 0 Å². The molecule has 8 heteroatoms. The van der Waals surface area contributed by atoms with Gasteiger partial charge >= 0.3 is 17.9 Å². The Morgan fingerprint density at radius 2 is 1.66 bits per heavy atom. The summed E-state index contributed by atoms with van der Waals surface area (Å²) in [5.74, 6) is 1.77. The summed E-state index contributed by atoms with van der Waals surface area (Å²) in [7, 11) is 0. The van der Waals surface area contributed by atoms with Crippen molar-refractivity contribution in [1.29, 1.82) is 0 Å². The molecule has 1 aromatic heterocycles. The highest BCUT2D eigenvalue weighted by Crippen LogP contribution is 2.69. The summed E-state index contributed by atoms with van der Waals surface area (Å²) in [4.78, 5) is 41.6. The van der Waals surface area contributed by atoms with Gasteiger partial charge in [0.2, 0.25) is 0 Å². The molecule has 44 heavy (non-hydrogen) atoms. The predicted molar refractivity (Wildman–Crippen MR) is 164 cm³/mol. The van der Waals surface area contributed by atoms with Crippen LogP contribution in [0, 0.1) is 46.3 Å². The number of para-hydroxylation sites is 2. The number of nitrogens with zero attached hydrogens (tertiary/aromatic N) is 1. The van der Waals surface area contributed by atoms with Gasteiger partial charge in [-0.05, 0) is 98.5 Å². The molecule has 4 fully saturated rings. The van der Waals surface area contributed by atoms with Crippen LogP contribution in [0.2, 0.25) is 0 Å². The summed E-state index contributed by atoms with van der Waals surface area (Å²) >= 11 is 0. The maximum absolute atomic E-state index is 12.6. The largest absolute Gasteiger partial charge is 0.463 e. The third-order valence-corrected chi connectivity index (χ3v) is 12.6. The number of benzene rings is 1. The first-order valence-electron chi connectivity index (χ1n) is 16.8. The number of aryl methyl sites for hydroxylation is 1. The molecule has 2 aromatic rings. The molecule has 0 N–H and O–H groups in total. The van der Waals surface area contributed by atoms with Crippen LogP contribution < -0.4 is 0 Å². The standard InChI is InChI=1S/C36H49NO7/c1-20(11-14-33-37-29-9-7-8-10-30(29)44-33)26-12-13-27-34-28(19-32(36(26,27)6)43-23(4)40)35(5)16-15-25(41-21(2)38)17-24(35)18-31(34)42-22(3)39/h7-10,20,24-28,31-32,34H,11-19H2,1-6H3/t20?,24-,25+,26?,27?,28?,31?,32-,34?,35-,36+/m0/s1. The van der Waals surface area contributed by atoms with Gasteiger partial charge in [-0.1, -0.05) is 32.9 Å². The number of aromatic nitrogens is 1. The maximum Gasteiger partial charge on any atom is 0.302 e. The molecule has 1 aromatic carbocycles. The fraction of sp³-hybridized carbons (Fsp3) is 0.722. The summed E-state index contributed by atoms with van der Waals surface area (Å²) in [6.07, 6.45) is 7.42. The SMILES string of the molecule is CC(=O)OC1C[C@@H]2C[C@H](OC(C)=O)CC[C@]2(C)C2C[C@H](OC(C)=O)[C@]3(C)C(C(C)CCc4nc5ccccc5o4)CCC3C12. The van der Waals surface area contributed by atoms with Crippen LogP contribution >= 0.6 is 0 Å². The molecule has 0 spiro atoms. The molecule has 1 heterocycles. The normalized spacial score (nSPS) is 38.6. The van der Waals surface area contributed by atoms with E-state index in [1.807, 2.05) is 24.3 Å². The van der Waals surface area contributed by atoms with E-state index in [1.54, 1.807) is 0 Å². The average Bonchev–Trinajstić information content (AvgIpc) is 3.53. The quantitative estimate of drug-likeness (QED) is 0.243. The minimum absolute atomic E-state index is 0.00560. The van der Waals surface area contributed by atoms with E-state index >= 15 is 0 Å². The summed E-state index contributed by atoms with van der Waals surface area (Å²) in [5.41, 5.74) is 1.47. The molecule has 4 aliphatic rings. The van der Waals surface area contributed by atoms with Crippen LogP contribution in [-0.2, 0) is 35.0 Å². The van der Waals surface area contributed by atoms with Gasteiger partial charge in [-0.3, -0.25) is 14.4 Å². The Balaban J connectivity index is 1.29. The lowest BCUT2D eigenvalue weighted by Gasteiger charge is -2.64. The van der Waals surface area contributed by atoms with Crippen molar-refractivity contribution < 1.29 is 33.0 Å². The first-order valence-corrected chi connectivity index (χ1v) is 16.8. The number of rotatable bonds is 7. The van der Waals surface area contributed by atoms with E-state index in [0.29, 0.717) is 11.8 Å². The topological polar surface area (TPSA) is 105 Å². The monoisotopic (exact) mass is 607 g/mol. The lowest BCUT2D eigenvalue weighted by atomic mass is 9.43. The van der Waals surface area contributed by atoms with Gasteiger partial charge in [0.1, 0.15) is 23.8 Å². The van der Waals surface area contributed by atoms with Crippen molar-refractivity contribution in [3.05, 3.63) is 30.2 Å². The maximum atomic E-state index is 12.6. The molecule has 11 atom stereocenters. The van der Waals surface area contributed by atoms with E-state index in [2.05, 4.69) is 20.8 Å². The van der Waals surface area contributed by atoms with Crippen molar-refractivity contribution in [2.45, 2.75) is 118 Å². The second kappa shape index (κ2) is 11.8. The van der Waals surface area contributed by atoms with E-state index in [-0.39, 0.29) is 70.7 Å². The van der Waals surface area contributed by atoms with E-state index in [4.69, 9.17) is 23.6 Å². The van der Waals surface area contributed by atoms with Gasteiger partial charge < -0.3 is 18.6 Å². The summed E-state index contributed by atoms with van der Waals surface area (Å²) in [6.45, 7) is 11.6. The predicted octanol–water partition coefficient (Wildman–Crippen LogP) is 7.07. The van der Waals surface area contributed by atoms with Crippen LogP contribution in [0.4, 0.5) is 0 Å². The third-order valence-electron chi connectivity index (χ3n) is 12.6. The zero-order chi connectivity index (χ0) is 31.4. The summed E-state index contributed by atoms with van der Waals surface area (Å²) < 4.78 is 24.2. The number of esters is 3. The van der Waals surface area contributed by atoms with E-state index in [1.165, 1.54) is 20.8 Å². The molecular formula is C36H49NO7. The number of hydrogen-bond acceptors (Lipinski definition) is 8. The molecule has 8 nitrogen and oxygen atoms in total. The van der Waals surface area contributed by atoms with E-state index < -0.39 is 0 Å². The molecule has 0 radical (unpaired) electrons. The molecular weight excluding hydrogens is 558 g/mol. The number of fused-ring (bicyclic) bond motifs is 6. The van der Waals surface area contributed by atoms with E-state index in [0.717, 1.165) is 74.8 Å². The Hall–Kier alpha value is -2.90. The Labute approximate surface area is 261 Å². The van der Waals surface area contributed by atoms with Crippen molar-refractivity contribution in [2.24, 2.45) is 46.3 Å². The third kappa shape index (κ3) is 5.44. The van der Waals surface area contributed by atoms with Gasteiger partial charge in [0.15, 0.2) is 11.5 Å². The Bertz CT molecular complexity index is 1370. The second-order valence-corrected chi connectivity index (χ2v) is 14.9. The van der Waals surface area contributed by atoms with Crippen molar-refractivity contribution in [3.8, 4) is 0 Å². The van der Waals surface area contributed by atoms with Crippen molar-refractivity contribution >= 4 is 29.0 Å². The molecule has 6 unspecified atom stereocenters. The van der Waals surface area contributed by atoms with Crippen molar-refractivity contribution in [3.63, 3.8) is 0 Å². The van der Waals surface area contributed by atoms with Gasteiger partial charge in [-0.2, -0.15) is 0 Å². The van der Waals surface area contributed by atoms with Crippen LogP contribution in [0.5, 0.6) is 0 Å². The van der Waals surface area contributed by atoms with Gasteiger partial charge in [0, 0.05) is 38.5 Å². The molecule has 6 rings (SSSR count). The zero-order valence-corrected chi connectivity index (χ0v) is 27.2. The van der Waals surface area contributed by atoms with Crippen LogP contribution in [-0.4, -0.2) is 41.2 Å². The Morgan fingerprint density at radius 3 is 2.36 bits per heavy atom. The molecule has 0 saturated heterocycles. The van der Waals surface area contributed by atoms with Gasteiger partial charge in [0.25, 0.3) is 0 Å². The Morgan fingerprint density at radius 1 is 0.932 bits per heavy atom. The zero-order valence-electron chi connectivity index (χ0n) is 27.2. The number of oxazole rings is 1. The fourth-order valence-corrected chi connectivity index (χ4v) is 10.7. The van der Waals surface area contributed by atoms with Gasteiger partial charge in [0.05, 0.1) is 0 Å². The molecule has 4 saturated carbocycles. The minimum Gasteiger partial charge on any atom is -0.463 e. The van der Waals surface area contributed by atoms with Crippen LogP contribution in [0.15, 0.2) is 28.7 Å². The first-order chi connectivity index (χ1) is 20.9. The fourth-order valence-electron chi connectivity index (χ4n) is 10.7. The number of carbonyl (C=O) groups excluding carboxylic acids is 3. The number of ether oxygens (including phenoxy) is 3. The molecule has 0 aliphatic heterocycles. The number of hydrogen-bond donors (Lipinski definition) is 0. The van der Waals surface area contributed by atoms with Crippen molar-refractivity contribution in [1.82, 2.24) is 4.98 Å². The van der Waals surface area contributed by atoms with Crippen LogP contribution in [0.1, 0.15) is 98.8 Å². The van der Waals surface area contributed by atoms with Crippen molar-refractivity contribution in [2.75, 3.05) is 0 Å². The lowest BCUT2D eigenvalue weighted by molar-refractivity contribution is -0.224. The molecule has 0 bridgehead atoms. The highest BCUT2D eigenvalue weighted by molar-refractivity contribution is 5.72. The summed E-state index contributed by atoms with van der Waals surface area (Å²) in [6, 6.07) is 7.88. The Kier molecular flexibility index (Phi) is 8.33. The minimum atomic E-state index is -0.241. The molecule has 0 amide bonds. The molecule has 240 valence electrons.